The summed E-state index contributed by atoms with van der Waals surface area (Å²) in [7, 11) is 1.59. The summed E-state index contributed by atoms with van der Waals surface area (Å²) in [6.07, 6.45) is 0. The highest BCUT2D eigenvalue weighted by Gasteiger charge is 2.31. The van der Waals surface area contributed by atoms with Gasteiger partial charge in [0.2, 0.25) is 5.91 Å². The number of thioether (sulfide) groups is 1. The number of ketones is 2. The predicted octanol–water partition coefficient (Wildman–Crippen LogP) is 6.01. The van der Waals surface area contributed by atoms with Gasteiger partial charge in [-0.2, -0.15) is 0 Å². The van der Waals surface area contributed by atoms with Crippen LogP contribution < -0.4 is 20.7 Å². The Balaban J connectivity index is 1.22. The van der Waals surface area contributed by atoms with E-state index in [0.717, 1.165) is 16.3 Å². The van der Waals surface area contributed by atoms with Crippen LogP contribution in [0.3, 0.4) is 0 Å². The number of nitrogens with one attached hydrogen (secondary N) is 3. The van der Waals surface area contributed by atoms with Gasteiger partial charge in [-0.25, -0.2) is 0 Å². The number of benzene rings is 4. The second-order valence-corrected chi connectivity index (χ2v) is 10.0. The minimum Gasteiger partial charge on any atom is -0.495 e. The fourth-order valence-corrected chi connectivity index (χ4v) is 5.26. The lowest BCUT2D eigenvalue weighted by molar-refractivity contribution is -0.113. The molecule has 0 bridgehead atoms. The number of ether oxygens (including phenoxy) is 1. The Bertz CT molecular complexity index is 1620. The largest absolute Gasteiger partial charge is 0.495 e. The van der Waals surface area contributed by atoms with Crippen molar-refractivity contribution in [3.05, 3.63) is 113 Å². The minimum atomic E-state index is -0.292. The molecule has 4 aromatic carbocycles. The number of amides is 1. The van der Waals surface area contributed by atoms with Gasteiger partial charge in [0.1, 0.15) is 5.75 Å². The molecule has 0 aromatic heterocycles. The van der Waals surface area contributed by atoms with Crippen molar-refractivity contribution in [2.75, 3.05) is 28.8 Å². The first-order valence-corrected chi connectivity index (χ1v) is 13.4. The Labute approximate surface area is 235 Å². The number of carbonyl (C=O) groups excluding carboxylic acids is 3. The standard InChI is InChI=1S/C30H23N3O4S2/c1-37-25-15-5-4-13-23(25)33-30(38)31-18-8-6-9-19(16-18)39-17-26(34)32-24-14-7-12-22-27(24)29(36)21-11-3-2-10-20(21)28(22)35/h2-16H,17H2,1H3,(H,32,34)(H2,31,33,38). The third-order valence-electron chi connectivity index (χ3n) is 6.04. The first kappa shape index (κ1) is 26.1. The van der Waals surface area contributed by atoms with Gasteiger partial charge in [-0.1, -0.05) is 54.6 Å². The van der Waals surface area contributed by atoms with Crippen LogP contribution in [0.1, 0.15) is 31.8 Å². The predicted molar refractivity (Wildman–Crippen MR) is 158 cm³/mol. The van der Waals surface area contributed by atoms with Crippen LogP contribution in [0, 0.1) is 0 Å². The van der Waals surface area contributed by atoms with Gasteiger partial charge in [0, 0.05) is 27.3 Å². The van der Waals surface area contributed by atoms with Gasteiger partial charge in [-0.3, -0.25) is 14.4 Å². The van der Waals surface area contributed by atoms with E-state index < -0.39 is 0 Å². The maximum Gasteiger partial charge on any atom is 0.234 e. The van der Waals surface area contributed by atoms with Crippen LogP contribution in [0.5, 0.6) is 5.75 Å². The van der Waals surface area contributed by atoms with Crippen molar-refractivity contribution in [1.29, 1.82) is 0 Å². The molecule has 4 aromatic rings. The van der Waals surface area contributed by atoms with Gasteiger partial charge >= 0.3 is 0 Å². The molecule has 0 fully saturated rings. The van der Waals surface area contributed by atoms with Crippen molar-refractivity contribution in [3.63, 3.8) is 0 Å². The number of hydrogen-bond donors (Lipinski definition) is 3. The number of thiocarbonyl (C=S) groups is 1. The van der Waals surface area contributed by atoms with E-state index in [1.807, 2.05) is 48.5 Å². The molecule has 0 saturated carbocycles. The molecule has 7 nitrogen and oxygen atoms in total. The van der Waals surface area contributed by atoms with E-state index in [2.05, 4.69) is 16.0 Å². The Hall–Kier alpha value is -4.47. The van der Waals surface area contributed by atoms with Crippen molar-refractivity contribution in [2.24, 2.45) is 0 Å². The fraction of sp³-hybridized carbons (Fsp3) is 0.0667. The first-order valence-electron chi connectivity index (χ1n) is 12.0. The van der Waals surface area contributed by atoms with E-state index in [0.29, 0.717) is 33.2 Å². The molecular weight excluding hydrogens is 530 g/mol. The van der Waals surface area contributed by atoms with Crippen molar-refractivity contribution in [2.45, 2.75) is 4.90 Å². The van der Waals surface area contributed by atoms with Crippen LogP contribution in [0.25, 0.3) is 0 Å². The summed E-state index contributed by atoms with van der Waals surface area (Å²) in [5.74, 6) is -0.0186. The SMILES string of the molecule is COc1ccccc1NC(=S)Nc1cccc(SCC(=O)Nc2cccc3c2C(=O)c2ccccc2C3=O)c1. The summed E-state index contributed by atoms with van der Waals surface area (Å²) < 4.78 is 5.34. The number of para-hydroxylation sites is 2. The van der Waals surface area contributed by atoms with E-state index in [1.54, 1.807) is 49.6 Å². The number of hydrogen-bond acceptors (Lipinski definition) is 6. The second-order valence-electron chi connectivity index (χ2n) is 8.58. The van der Waals surface area contributed by atoms with Crippen LogP contribution in [-0.4, -0.2) is 35.4 Å². The highest BCUT2D eigenvalue weighted by Crippen LogP contribution is 2.32. The maximum atomic E-state index is 13.2. The molecule has 0 saturated heterocycles. The van der Waals surface area contributed by atoms with E-state index in [-0.39, 0.29) is 28.8 Å². The molecule has 0 unspecified atom stereocenters. The molecule has 1 aliphatic carbocycles. The number of fused-ring (bicyclic) bond motifs is 2. The third kappa shape index (κ3) is 5.69. The Morgan fingerprint density at radius 2 is 1.44 bits per heavy atom. The average molecular weight is 554 g/mol. The lowest BCUT2D eigenvalue weighted by Crippen LogP contribution is -2.24. The van der Waals surface area contributed by atoms with E-state index in [1.165, 1.54) is 11.8 Å². The molecule has 0 radical (unpaired) electrons. The van der Waals surface area contributed by atoms with Crippen molar-refractivity contribution in [1.82, 2.24) is 0 Å². The van der Waals surface area contributed by atoms with E-state index in [4.69, 9.17) is 17.0 Å². The molecule has 3 N–H and O–H groups in total. The Morgan fingerprint density at radius 3 is 2.23 bits per heavy atom. The quantitative estimate of drug-likeness (QED) is 0.167. The molecule has 0 atom stereocenters. The summed E-state index contributed by atoms with van der Waals surface area (Å²) in [4.78, 5) is 39.8. The molecule has 9 heteroatoms. The first-order chi connectivity index (χ1) is 18.9. The van der Waals surface area contributed by atoms with Crippen LogP contribution in [-0.2, 0) is 4.79 Å². The molecule has 5 rings (SSSR count). The molecule has 1 amide bonds. The monoisotopic (exact) mass is 553 g/mol. The lowest BCUT2D eigenvalue weighted by Gasteiger charge is -2.20. The van der Waals surface area contributed by atoms with Crippen molar-refractivity contribution >= 4 is 63.6 Å². The van der Waals surface area contributed by atoms with Gasteiger partial charge < -0.3 is 20.7 Å². The minimum absolute atomic E-state index is 0.107. The molecule has 194 valence electrons. The highest BCUT2D eigenvalue weighted by atomic mass is 32.2. The van der Waals surface area contributed by atoms with Crippen LogP contribution >= 0.6 is 24.0 Å². The molecular formula is C30H23N3O4S2. The average Bonchev–Trinajstić information content (AvgIpc) is 2.95. The van der Waals surface area contributed by atoms with Crippen LogP contribution in [0.4, 0.5) is 17.1 Å². The lowest BCUT2D eigenvalue weighted by atomic mass is 9.83. The molecule has 0 heterocycles. The second kappa shape index (κ2) is 11.5. The molecule has 1 aliphatic rings. The molecule has 0 aliphatic heterocycles. The summed E-state index contributed by atoms with van der Waals surface area (Å²) in [6, 6.07) is 26.6. The van der Waals surface area contributed by atoms with Crippen molar-refractivity contribution in [3.8, 4) is 5.75 Å². The highest BCUT2D eigenvalue weighted by molar-refractivity contribution is 8.00. The van der Waals surface area contributed by atoms with Gasteiger partial charge in [0.25, 0.3) is 0 Å². The number of rotatable bonds is 7. The van der Waals surface area contributed by atoms with Crippen LogP contribution in [0.15, 0.2) is 95.9 Å². The molecule has 39 heavy (non-hydrogen) atoms. The van der Waals surface area contributed by atoms with E-state index >= 15 is 0 Å². The zero-order valence-corrected chi connectivity index (χ0v) is 22.4. The summed E-state index contributed by atoms with van der Waals surface area (Å²) >= 11 is 6.78. The van der Waals surface area contributed by atoms with Crippen molar-refractivity contribution < 1.29 is 19.1 Å². The third-order valence-corrected chi connectivity index (χ3v) is 7.24. The van der Waals surface area contributed by atoms with Crippen LogP contribution in [0.2, 0.25) is 0 Å². The topological polar surface area (TPSA) is 96.5 Å². The summed E-state index contributed by atoms with van der Waals surface area (Å²) in [5.41, 5.74) is 3.06. The number of carbonyl (C=O) groups is 3. The van der Waals surface area contributed by atoms with E-state index in [9.17, 15) is 14.4 Å². The normalized spacial score (nSPS) is 11.7. The smallest absolute Gasteiger partial charge is 0.234 e. The zero-order valence-electron chi connectivity index (χ0n) is 20.8. The van der Waals surface area contributed by atoms with Gasteiger partial charge in [0.15, 0.2) is 16.7 Å². The number of anilines is 3. The molecule has 0 spiro atoms. The number of methoxy groups -OCH3 is 1. The summed E-state index contributed by atoms with van der Waals surface area (Å²) in [5, 5.41) is 9.47. The van der Waals surface area contributed by atoms with Gasteiger partial charge in [-0.05, 0) is 48.6 Å². The maximum absolute atomic E-state index is 13.2. The zero-order chi connectivity index (χ0) is 27.4. The summed E-state index contributed by atoms with van der Waals surface area (Å²) in [6.45, 7) is 0. The van der Waals surface area contributed by atoms with Gasteiger partial charge in [-0.15, -0.1) is 11.8 Å². The Kier molecular flexibility index (Phi) is 7.72. The van der Waals surface area contributed by atoms with Gasteiger partial charge in [0.05, 0.1) is 29.8 Å². The fourth-order valence-electron chi connectivity index (χ4n) is 4.28. The Morgan fingerprint density at radius 1 is 0.769 bits per heavy atom.